The number of benzene rings is 4. The second-order valence-corrected chi connectivity index (χ2v) is 10.3. The minimum atomic E-state index is -0.779. The number of ether oxygens (including phenoxy) is 3. The van der Waals surface area contributed by atoms with E-state index in [1.54, 1.807) is 25.1 Å². The van der Waals surface area contributed by atoms with Crippen LogP contribution in [0.3, 0.4) is 0 Å². The van der Waals surface area contributed by atoms with Crippen molar-refractivity contribution in [2.24, 2.45) is 0 Å². The standard InChI is InChI=1S/C30H27ClO7/c1-13-7-16(36-4)11-20(33)22(13)17-10-15(32)8-14-9-18-24(27(34)23(14)17)28(35)25-19(30(18,2)3)12-21(37-5)26(31)29(25)38-6/h7-12,32-34H,1-6H3. The predicted octanol–water partition coefficient (Wildman–Crippen LogP) is 6.48. The first-order valence-corrected chi connectivity index (χ1v) is 12.2. The van der Waals surface area contributed by atoms with Gasteiger partial charge in [-0.25, -0.2) is 0 Å². The van der Waals surface area contributed by atoms with E-state index >= 15 is 0 Å². The van der Waals surface area contributed by atoms with Crippen molar-refractivity contribution < 1.29 is 34.3 Å². The highest BCUT2D eigenvalue weighted by Crippen LogP contribution is 2.54. The molecular weight excluding hydrogens is 508 g/mol. The van der Waals surface area contributed by atoms with Crippen molar-refractivity contribution in [1.82, 2.24) is 0 Å². The molecule has 0 unspecified atom stereocenters. The van der Waals surface area contributed by atoms with E-state index in [1.807, 2.05) is 13.8 Å². The van der Waals surface area contributed by atoms with Gasteiger partial charge in [-0.05, 0) is 59.3 Å². The van der Waals surface area contributed by atoms with Crippen LogP contribution < -0.4 is 14.2 Å². The lowest BCUT2D eigenvalue weighted by molar-refractivity contribution is 0.102. The molecule has 0 saturated heterocycles. The molecular formula is C30H27ClO7. The molecule has 0 spiro atoms. The number of halogens is 1. The van der Waals surface area contributed by atoms with Gasteiger partial charge in [0.1, 0.15) is 33.8 Å². The molecule has 0 saturated carbocycles. The average Bonchev–Trinajstić information content (AvgIpc) is 2.86. The van der Waals surface area contributed by atoms with E-state index in [4.69, 9.17) is 25.8 Å². The number of fused-ring (bicyclic) bond motifs is 3. The predicted molar refractivity (Wildman–Crippen MR) is 146 cm³/mol. The summed E-state index contributed by atoms with van der Waals surface area (Å²) in [6.45, 7) is 5.64. The smallest absolute Gasteiger partial charge is 0.201 e. The first kappa shape index (κ1) is 25.5. The van der Waals surface area contributed by atoms with Crippen molar-refractivity contribution in [3.63, 3.8) is 0 Å². The summed E-state index contributed by atoms with van der Waals surface area (Å²) in [6, 6.07) is 9.68. The molecule has 4 aromatic rings. The molecule has 0 fully saturated rings. The summed E-state index contributed by atoms with van der Waals surface area (Å²) < 4.78 is 16.3. The van der Waals surface area contributed by atoms with E-state index in [1.165, 1.54) is 39.5 Å². The van der Waals surface area contributed by atoms with Gasteiger partial charge in [-0.3, -0.25) is 4.79 Å². The number of aromatic hydroxyl groups is 3. The Morgan fingerprint density at radius 1 is 0.816 bits per heavy atom. The molecule has 7 nitrogen and oxygen atoms in total. The van der Waals surface area contributed by atoms with Gasteiger partial charge in [0, 0.05) is 28.0 Å². The van der Waals surface area contributed by atoms with Gasteiger partial charge in [0.25, 0.3) is 0 Å². The van der Waals surface area contributed by atoms with Crippen LogP contribution in [-0.2, 0) is 5.41 Å². The molecule has 0 heterocycles. The zero-order valence-electron chi connectivity index (χ0n) is 21.8. The van der Waals surface area contributed by atoms with Crippen LogP contribution in [0.15, 0.2) is 36.4 Å². The monoisotopic (exact) mass is 534 g/mol. The lowest BCUT2D eigenvalue weighted by Crippen LogP contribution is -2.31. The molecule has 1 aliphatic rings. The first-order chi connectivity index (χ1) is 18.0. The highest BCUT2D eigenvalue weighted by molar-refractivity contribution is 6.35. The highest BCUT2D eigenvalue weighted by Gasteiger charge is 2.43. The number of phenols is 3. The number of carbonyl (C=O) groups is 1. The van der Waals surface area contributed by atoms with Gasteiger partial charge in [-0.15, -0.1) is 0 Å². The minimum absolute atomic E-state index is 0.0584. The van der Waals surface area contributed by atoms with Crippen molar-refractivity contribution in [3.05, 3.63) is 69.2 Å². The number of hydrogen-bond donors (Lipinski definition) is 3. The van der Waals surface area contributed by atoms with Crippen molar-refractivity contribution in [2.45, 2.75) is 26.2 Å². The molecule has 0 aliphatic heterocycles. The van der Waals surface area contributed by atoms with Crippen molar-refractivity contribution in [1.29, 1.82) is 0 Å². The van der Waals surface area contributed by atoms with Crippen LogP contribution >= 0.6 is 11.6 Å². The Labute approximate surface area is 224 Å². The summed E-state index contributed by atoms with van der Waals surface area (Å²) >= 11 is 6.52. The molecule has 0 bridgehead atoms. The Morgan fingerprint density at radius 3 is 2.11 bits per heavy atom. The molecule has 1 aliphatic carbocycles. The van der Waals surface area contributed by atoms with E-state index in [-0.39, 0.29) is 39.1 Å². The van der Waals surface area contributed by atoms with Gasteiger partial charge >= 0.3 is 0 Å². The normalized spacial score (nSPS) is 13.7. The van der Waals surface area contributed by atoms with Crippen LogP contribution in [0, 0.1) is 6.92 Å². The number of methoxy groups -OCH3 is 3. The van der Waals surface area contributed by atoms with Crippen molar-refractivity contribution in [3.8, 4) is 45.6 Å². The van der Waals surface area contributed by atoms with E-state index < -0.39 is 11.2 Å². The fourth-order valence-corrected chi connectivity index (χ4v) is 5.87. The number of carbonyl (C=O) groups excluding carboxylic acids is 1. The zero-order chi connectivity index (χ0) is 27.7. The molecule has 0 aromatic heterocycles. The fraction of sp³-hybridized carbons (Fsp3) is 0.233. The third kappa shape index (κ3) is 3.45. The van der Waals surface area contributed by atoms with E-state index in [2.05, 4.69) is 0 Å². The van der Waals surface area contributed by atoms with Crippen LogP contribution in [0.2, 0.25) is 5.02 Å². The van der Waals surface area contributed by atoms with Gasteiger partial charge < -0.3 is 29.5 Å². The SMILES string of the molecule is COc1cc(C)c(-c2cc(O)cc3cc4c(c(O)c23)C(=O)c2c(cc(OC)c(Cl)c2OC)C4(C)C)c(O)c1. The third-order valence-electron chi connectivity index (χ3n) is 7.40. The van der Waals surface area contributed by atoms with Crippen LogP contribution in [0.5, 0.6) is 34.5 Å². The topological polar surface area (TPSA) is 105 Å². The zero-order valence-corrected chi connectivity index (χ0v) is 22.6. The van der Waals surface area contributed by atoms with E-state index in [0.717, 1.165) is 0 Å². The van der Waals surface area contributed by atoms with E-state index in [0.29, 0.717) is 50.1 Å². The van der Waals surface area contributed by atoms with Crippen molar-refractivity contribution in [2.75, 3.05) is 21.3 Å². The molecule has 8 heteroatoms. The number of phenolic OH excluding ortho intramolecular Hbond substituents is 3. The largest absolute Gasteiger partial charge is 0.508 e. The van der Waals surface area contributed by atoms with Gasteiger partial charge in [0.05, 0.1) is 32.5 Å². The van der Waals surface area contributed by atoms with E-state index in [9.17, 15) is 20.1 Å². The number of aryl methyl sites for hydroxylation is 1. The maximum atomic E-state index is 14.1. The lowest BCUT2D eigenvalue weighted by Gasteiger charge is -2.36. The number of hydrogen-bond acceptors (Lipinski definition) is 7. The van der Waals surface area contributed by atoms with Crippen LogP contribution in [0.25, 0.3) is 21.9 Å². The second-order valence-electron chi connectivity index (χ2n) is 9.88. The van der Waals surface area contributed by atoms with Gasteiger partial charge in [0.2, 0.25) is 5.78 Å². The molecule has 196 valence electrons. The molecule has 0 amide bonds. The summed E-state index contributed by atoms with van der Waals surface area (Å²) in [4.78, 5) is 14.1. The Balaban J connectivity index is 1.90. The third-order valence-corrected chi connectivity index (χ3v) is 7.76. The first-order valence-electron chi connectivity index (χ1n) is 11.9. The van der Waals surface area contributed by atoms with Crippen LogP contribution in [-0.4, -0.2) is 42.4 Å². The maximum absolute atomic E-state index is 14.1. The fourth-order valence-electron chi connectivity index (χ4n) is 5.57. The number of rotatable bonds is 4. The van der Waals surface area contributed by atoms with Gasteiger partial charge in [0.15, 0.2) is 5.75 Å². The van der Waals surface area contributed by atoms with Gasteiger partial charge in [-0.1, -0.05) is 25.4 Å². The molecule has 38 heavy (non-hydrogen) atoms. The summed E-state index contributed by atoms with van der Waals surface area (Å²) in [7, 11) is 4.41. The molecule has 3 N–H and O–H groups in total. The van der Waals surface area contributed by atoms with Gasteiger partial charge in [-0.2, -0.15) is 0 Å². The molecule has 0 radical (unpaired) electrons. The van der Waals surface area contributed by atoms with Crippen molar-refractivity contribution >= 4 is 28.2 Å². The molecule has 5 rings (SSSR count). The summed E-state index contributed by atoms with van der Waals surface area (Å²) in [5.41, 5.74) is 2.20. The summed E-state index contributed by atoms with van der Waals surface area (Å²) in [5.74, 6) is 0.119. The summed E-state index contributed by atoms with van der Waals surface area (Å²) in [5, 5.41) is 34.3. The maximum Gasteiger partial charge on any atom is 0.201 e. The Bertz CT molecular complexity index is 1650. The van der Waals surface area contributed by atoms with Crippen LogP contribution in [0.1, 0.15) is 46.5 Å². The quantitative estimate of drug-likeness (QED) is 0.275. The minimum Gasteiger partial charge on any atom is -0.508 e. The van der Waals surface area contributed by atoms with Crippen LogP contribution in [0.4, 0.5) is 0 Å². The Hall–Kier alpha value is -4.10. The Kier molecular flexibility index (Phi) is 5.87. The lowest BCUT2D eigenvalue weighted by atomic mass is 9.67. The average molecular weight is 535 g/mol. The molecule has 0 atom stereocenters. The second kappa shape index (κ2) is 8.74. The highest BCUT2D eigenvalue weighted by atomic mass is 35.5. The number of ketones is 1. The summed E-state index contributed by atoms with van der Waals surface area (Å²) in [6.07, 6.45) is 0. The molecule has 4 aromatic carbocycles. The Morgan fingerprint density at radius 2 is 1.50 bits per heavy atom.